The van der Waals surface area contributed by atoms with Gasteiger partial charge >= 0.3 is 0 Å². The Bertz CT molecular complexity index is 639. The van der Waals surface area contributed by atoms with E-state index < -0.39 is 0 Å². The van der Waals surface area contributed by atoms with Crippen LogP contribution < -0.4 is 0 Å². The summed E-state index contributed by atoms with van der Waals surface area (Å²) in [6.45, 7) is 5.47. The maximum absolute atomic E-state index is 6.11. The summed E-state index contributed by atoms with van der Waals surface area (Å²) in [6, 6.07) is 19.8. The highest BCUT2D eigenvalue weighted by atomic mass is 32.2. The summed E-state index contributed by atoms with van der Waals surface area (Å²) >= 11 is 1.57. The van der Waals surface area contributed by atoms with Crippen molar-refractivity contribution >= 4 is 12.0 Å². The number of hydrogen-bond donors (Lipinski definition) is 0. The fourth-order valence-corrected chi connectivity index (χ4v) is 4.67. The molecule has 2 aromatic carbocycles. The van der Waals surface area contributed by atoms with Crippen molar-refractivity contribution in [1.82, 2.24) is 0 Å². The van der Waals surface area contributed by atoms with Crippen molar-refractivity contribution < 1.29 is 4.18 Å². The average molecular weight is 341 g/mol. The molecule has 2 unspecified atom stereocenters. The number of unbranched alkanes of at least 4 members (excludes halogenated alkanes) is 1. The van der Waals surface area contributed by atoms with Gasteiger partial charge in [-0.2, -0.15) is 0 Å². The van der Waals surface area contributed by atoms with Crippen molar-refractivity contribution in [3.63, 3.8) is 0 Å². The molecule has 0 aliphatic carbocycles. The topological polar surface area (TPSA) is 9.23 Å². The van der Waals surface area contributed by atoms with Crippen LogP contribution in [0.5, 0.6) is 0 Å². The zero-order chi connectivity index (χ0) is 16.8. The van der Waals surface area contributed by atoms with Gasteiger partial charge in [0.05, 0.1) is 6.61 Å². The van der Waals surface area contributed by atoms with Crippen LogP contribution in [-0.4, -0.2) is 6.61 Å². The van der Waals surface area contributed by atoms with E-state index in [0.29, 0.717) is 5.92 Å². The third-order valence-corrected chi connectivity index (χ3v) is 6.25. The summed E-state index contributed by atoms with van der Waals surface area (Å²) < 4.78 is 6.11. The lowest BCUT2D eigenvalue weighted by Crippen LogP contribution is -2.29. The Morgan fingerprint density at radius 1 is 1.04 bits per heavy atom. The Morgan fingerprint density at radius 2 is 1.79 bits per heavy atom. The Labute approximate surface area is 151 Å². The number of rotatable bonds is 5. The van der Waals surface area contributed by atoms with Crippen molar-refractivity contribution in [1.29, 1.82) is 0 Å². The summed E-state index contributed by atoms with van der Waals surface area (Å²) in [5, 5.41) is 0. The van der Waals surface area contributed by atoms with Gasteiger partial charge in [-0.05, 0) is 41.9 Å². The predicted octanol–water partition coefficient (Wildman–Crippen LogP) is 6.83. The maximum atomic E-state index is 6.11. The van der Waals surface area contributed by atoms with Crippen LogP contribution in [0.25, 0.3) is 0 Å². The van der Waals surface area contributed by atoms with Crippen LogP contribution in [-0.2, 0) is 4.18 Å². The van der Waals surface area contributed by atoms with E-state index in [1.165, 1.54) is 48.1 Å². The van der Waals surface area contributed by atoms with Crippen LogP contribution in [0.2, 0.25) is 0 Å². The summed E-state index contributed by atoms with van der Waals surface area (Å²) in [7, 11) is 0. The van der Waals surface area contributed by atoms with E-state index >= 15 is 0 Å². The quantitative estimate of drug-likeness (QED) is 0.551. The Hall–Kier alpha value is -1.25. The molecule has 128 valence electrons. The van der Waals surface area contributed by atoms with Crippen LogP contribution in [0.3, 0.4) is 0 Å². The van der Waals surface area contributed by atoms with Crippen molar-refractivity contribution in [2.75, 3.05) is 6.61 Å². The Kier molecular flexibility index (Phi) is 6.02. The molecule has 1 aliphatic rings. The lowest BCUT2D eigenvalue weighted by atomic mass is 9.71. The minimum Gasteiger partial charge on any atom is -0.310 e. The lowest BCUT2D eigenvalue weighted by Gasteiger charge is -2.38. The molecule has 0 saturated carbocycles. The van der Waals surface area contributed by atoms with E-state index in [0.717, 1.165) is 6.61 Å². The second-order valence-electron chi connectivity index (χ2n) is 7.01. The van der Waals surface area contributed by atoms with E-state index in [1.54, 1.807) is 12.0 Å². The molecule has 2 aromatic rings. The van der Waals surface area contributed by atoms with Gasteiger partial charge in [0.2, 0.25) is 0 Å². The maximum Gasteiger partial charge on any atom is 0.0675 e. The molecule has 24 heavy (non-hydrogen) atoms. The second kappa shape index (κ2) is 8.22. The molecule has 2 atom stereocenters. The Morgan fingerprint density at radius 3 is 2.54 bits per heavy atom. The molecule has 3 rings (SSSR count). The van der Waals surface area contributed by atoms with E-state index in [9.17, 15) is 0 Å². The Balaban J connectivity index is 2.02. The van der Waals surface area contributed by atoms with E-state index in [1.807, 2.05) is 0 Å². The summed E-state index contributed by atoms with van der Waals surface area (Å²) in [6.07, 6.45) is 6.14. The number of benzene rings is 2. The van der Waals surface area contributed by atoms with Crippen LogP contribution >= 0.6 is 12.0 Å². The fraction of sp³-hybridized carbons (Fsp3) is 0.455. The zero-order valence-electron chi connectivity index (χ0n) is 14.8. The monoisotopic (exact) mass is 340 g/mol. The highest BCUT2D eigenvalue weighted by molar-refractivity contribution is 7.94. The highest BCUT2D eigenvalue weighted by Crippen LogP contribution is 2.47. The molecule has 2 heteroatoms. The van der Waals surface area contributed by atoms with E-state index in [-0.39, 0.29) is 5.41 Å². The van der Waals surface area contributed by atoms with Crippen molar-refractivity contribution in [2.45, 2.75) is 56.8 Å². The summed E-state index contributed by atoms with van der Waals surface area (Å²) in [4.78, 5) is 1.27. The zero-order valence-corrected chi connectivity index (χ0v) is 15.6. The van der Waals surface area contributed by atoms with Gasteiger partial charge in [0, 0.05) is 22.9 Å². The van der Waals surface area contributed by atoms with E-state index in [4.69, 9.17) is 4.18 Å². The van der Waals surface area contributed by atoms with Crippen LogP contribution in [0.4, 0.5) is 0 Å². The molecule has 0 amide bonds. The first-order valence-electron chi connectivity index (χ1n) is 9.21. The van der Waals surface area contributed by atoms with Gasteiger partial charge in [0.25, 0.3) is 0 Å². The van der Waals surface area contributed by atoms with Gasteiger partial charge in [-0.15, -0.1) is 0 Å². The van der Waals surface area contributed by atoms with Gasteiger partial charge in [-0.25, -0.2) is 0 Å². The SMILES string of the molecule is CCCCC1(CC)COSc2ccccc2C(c2ccccc2)C1. The smallest absolute Gasteiger partial charge is 0.0675 e. The number of fused-ring (bicyclic) bond motifs is 1. The summed E-state index contributed by atoms with van der Waals surface area (Å²) in [5.74, 6) is 0.454. The second-order valence-corrected chi connectivity index (χ2v) is 7.85. The van der Waals surface area contributed by atoms with Crippen LogP contribution in [0.1, 0.15) is 63.0 Å². The molecule has 0 spiro atoms. The first kappa shape index (κ1) is 17.6. The molecule has 0 fully saturated rings. The molecule has 0 N–H and O–H groups in total. The first-order chi connectivity index (χ1) is 11.8. The van der Waals surface area contributed by atoms with Crippen molar-refractivity contribution in [2.24, 2.45) is 5.41 Å². The fourth-order valence-electron chi connectivity index (χ4n) is 3.80. The highest BCUT2D eigenvalue weighted by Gasteiger charge is 2.35. The molecular weight excluding hydrogens is 312 g/mol. The minimum absolute atomic E-state index is 0.275. The van der Waals surface area contributed by atoms with Gasteiger partial charge in [-0.1, -0.05) is 75.2 Å². The molecule has 1 aliphatic heterocycles. The predicted molar refractivity (Wildman–Crippen MR) is 103 cm³/mol. The molecule has 0 saturated heterocycles. The third-order valence-electron chi connectivity index (χ3n) is 5.46. The van der Waals surface area contributed by atoms with Crippen molar-refractivity contribution in [3.8, 4) is 0 Å². The van der Waals surface area contributed by atoms with Crippen LogP contribution in [0, 0.1) is 5.41 Å². The molecule has 1 nitrogen and oxygen atoms in total. The largest absolute Gasteiger partial charge is 0.310 e. The molecule has 0 radical (unpaired) electrons. The van der Waals surface area contributed by atoms with Crippen LogP contribution in [0.15, 0.2) is 59.5 Å². The molecular formula is C22H28OS. The molecule has 0 bridgehead atoms. The third kappa shape index (κ3) is 3.87. The van der Waals surface area contributed by atoms with Gasteiger partial charge in [-0.3, -0.25) is 0 Å². The average Bonchev–Trinajstić information content (AvgIpc) is 2.63. The van der Waals surface area contributed by atoms with Crippen molar-refractivity contribution in [3.05, 3.63) is 65.7 Å². The molecule has 0 aromatic heterocycles. The normalized spacial score (nSPS) is 24.0. The minimum atomic E-state index is 0.275. The van der Waals surface area contributed by atoms with Gasteiger partial charge in [0.1, 0.15) is 0 Å². The van der Waals surface area contributed by atoms with E-state index in [2.05, 4.69) is 68.4 Å². The van der Waals surface area contributed by atoms with Gasteiger partial charge < -0.3 is 4.18 Å². The molecule has 1 heterocycles. The van der Waals surface area contributed by atoms with Gasteiger partial charge in [0.15, 0.2) is 0 Å². The first-order valence-corrected chi connectivity index (χ1v) is 9.95. The standard InChI is InChI=1S/C22H28OS/c1-3-5-15-22(4-2)16-20(18-11-7-6-8-12-18)19-13-9-10-14-21(19)24-23-17-22/h6-14,20H,3-5,15-17H2,1-2H3. The lowest BCUT2D eigenvalue weighted by molar-refractivity contribution is 0.120. The number of hydrogen-bond acceptors (Lipinski definition) is 2. The summed E-state index contributed by atoms with van der Waals surface area (Å²) in [5.41, 5.74) is 3.13.